The van der Waals surface area contributed by atoms with Crippen molar-refractivity contribution in [2.24, 2.45) is 0 Å². The summed E-state index contributed by atoms with van der Waals surface area (Å²) >= 11 is 0. The topological polar surface area (TPSA) is 85.5 Å². The number of methoxy groups -OCH3 is 3. The second-order valence-electron chi connectivity index (χ2n) is 8.93. The molecule has 0 saturated carbocycles. The molecule has 0 unspecified atom stereocenters. The van der Waals surface area contributed by atoms with Crippen LogP contribution in [0.1, 0.15) is 16.8 Å². The molecular weight excluding hydrogens is 478 g/mol. The van der Waals surface area contributed by atoms with Gasteiger partial charge in [0.2, 0.25) is 11.7 Å². The van der Waals surface area contributed by atoms with Crippen molar-refractivity contribution in [3.8, 4) is 28.5 Å². The van der Waals surface area contributed by atoms with Crippen LogP contribution in [-0.4, -0.2) is 37.2 Å². The number of H-pyrrole nitrogens is 1. The van der Waals surface area contributed by atoms with Crippen molar-refractivity contribution in [2.45, 2.75) is 13.5 Å². The average molecular weight is 508 g/mol. The highest BCUT2D eigenvalue weighted by Crippen LogP contribution is 2.38. The van der Waals surface area contributed by atoms with Gasteiger partial charge in [-0.05, 0) is 42.8 Å². The molecule has 7 nitrogen and oxygen atoms in total. The number of carbonyl (C=O) groups is 1. The second kappa shape index (κ2) is 10.7. The van der Waals surface area contributed by atoms with Gasteiger partial charge in [-0.15, -0.1) is 0 Å². The Bertz CT molecular complexity index is 1630. The normalized spacial score (nSPS) is 11.3. The molecule has 0 saturated heterocycles. The Morgan fingerprint density at radius 1 is 0.921 bits per heavy atom. The summed E-state index contributed by atoms with van der Waals surface area (Å²) in [7, 11) is 4.66. The number of ether oxygens (including phenoxy) is 3. The van der Waals surface area contributed by atoms with Gasteiger partial charge in [-0.25, -0.2) is 4.98 Å². The predicted molar refractivity (Wildman–Crippen MR) is 151 cm³/mol. The van der Waals surface area contributed by atoms with E-state index >= 15 is 0 Å². The van der Waals surface area contributed by atoms with Crippen molar-refractivity contribution in [1.82, 2.24) is 15.3 Å². The fourth-order valence-electron chi connectivity index (χ4n) is 4.52. The third-order valence-electron chi connectivity index (χ3n) is 6.43. The highest BCUT2D eigenvalue weighted by atomic mass is 16.5. The van der Waals surface area contributed by atoms with Gasteiger partial charge in [0.25, 0.3) is 0 Å². The minimum absolute atomic E-state index is 0.239. The summed E-state index contributed by atoms with van der Waals surface area (Å²) in [6, 6.07) is 22.1. The molecule has 2 heterocycles. The molecule has 5 rings (SSSR count). The molecule has 0 aliphatic rings. The van der Waals surface area contributed by atoms with Crippen molar-refractivity contribution in [2.75, 3.05) is 21.3 Å². The number of amides is 1. The summed E-state index contributed by atoms with van der Waals surface area (Å²) in [4.78, 5) is 21.2. The van der Waals surface area contributed by atoms with Crippen LogP contribution in [0, 0.1) is 6.92 Å². The molecule has 0 aliphatic heterocycles. The summed E-state index contributed by atoms with van der Waals surface area (Å²) in [6.45, 7) is 2.35. The van der Waals surface area contributed by atoms with Crippen LogP contribution < -0.4 is 19.5 Å². The molecule has 5 aromatic rings. The first kappa shape index (κ1) is 24.9. The second-order valence-corrected chi connectivity index (χ2v) is 8.93. The molecule has 1 amide bonds. The first-order valence-electron chi connectivity index (χ1n) is 12.2. The van der Waals surface area contributed by atoms with E-state index in [1.807, 2.05) is 18.2 Å². The zero-order valence-corrected chi connectivity index (χ0v) is 21.8. The third-order valence-corrected chi connectivity index (χ3v) is 6.43. The lowest BCUT2D eigenvalue weighted by atomic mass is 10.1. The fraction of sp³-hybridized carbons (Fsp3) is 0.161. The molecule has 0 spiro atoms. The van der Waals surface area contributed by atoms with Gasteiger partial charge in [0.05, 0.1) is 44.8 Å². The number of hydrogen-bond acceptors (Lipinski definition) is 5. The fourth-order valence-corrected chi connectivity index (χ4v) is 4.52. The Balaban J connectivity index is 1.42. The number of nitrogens with one attached hydrogen (secondary N) is 2. The Labute approximate surface area is 221 Å². The Hall–Kier alpha value is -4.78. The van der Waals surface area contributed by atoms with Gasteiger partial charge in [0.15, 0.2) is 11.5 Å². The van der Waals surface area contributed by atoms with Gasteiger partial charge >= 0.3 is 0 Å². The number of hydrogen-bond donors (Lipinski definition) is 2. The van der Waals surface area contributed by atoms with Crippen molar-refractivity contribution < 1.29 is 19.0 Å². The van der Waals surface area contributed by atoms with Gasteiger partial charge in [-0.1, -0.05) is 48.0 Å². The number of aromatic amines is 1. The number of aromatic nitrogens is 2. The van der Waals surface area contributed by atoms with Crippen molar-refractivity contribution in [3.05, 3.63) is 89.6 Å². The van der Waals surface area contributed by atoms with Crippen LogP contribution >= 0.6 is 0 Å². The van der Waals surface area contributed by atoms with Crippen LogP contribution in [0.5, 0.6) is 17.2 Å². The number of rotatable bonds is 8. The van der Waals surface area contributed by atoms with Gasteiger partial charge in [0, 0.05) is 27.9 Å². The van der Waals surface area contributed by atoms with E-state index in [1.165, 1.54) is 11.6 Å². The summed E-state index contributed by atoms with van der Waals surface area (Å²) in [6.07, 6.45) is 3.18. The molecule has 0 aliphatic carbocycles. The summed E-state index contributed by atoms with van der Waals surface area (Å²) < 4.78 is 16.2. The third kappa shape index (κ3) is 4.91. The SMILES string of the molecule is COc1cc(/C=C/C(=O)NCc2cc3c([nH]c4ccccc43)c(-c3ccc(C)cc3)n2)cc(OC)c1OC. The summed E-state index contributed by atoms with van der Waals surface area (Å²) in [5.74, 6) is 1.30. The number of para-hydroxylation sites is 1. The zero-order valence-electron chi connectivity index (χ0n) is 21.8. The summed E-state index contributed by atoms with van der Waals surface area (Å²) in [5, 5.41) is 5.15. The van der Waals surface area contributed by atoms with E-state index in [0.29, 0.717) is 17.2 Å². The lowest BCUT2D eigenvalue weighted by Crippen LogP contribution is -2.21. The minimum atomic E-state index is -0.239. The number of carbonyl (C=O) groups excluding carboxylic acids is 1. The highest BCUT2D eigenvalue weighted by Gasteiger charge is 2.15. The molecule has 0 fully saturated rings. The van der Waals surface area contributed by atoms with Crippen LogP contribution in [0.4, 0.5) is 0 Å². The van der Waals surface area contributed by atoms with E-state index in [4.69, 9.17) is 19.2 Å². The van der Waals surface area contributed by atoms with Gasteiger partial charge < -0.3 is 24.5 Å². The van der Waals surface area contributed by atoms with Crippen molar-refractivity contribution in [1.29, 1.82) is 0 Å². The van der Waals surface area contributed by atoms with E-state index in [1.54, 1.807) is 39.5 Å². The van der Waals surface area contributed by atoms with Crippen LogP contribution in [0.2, 0.25) is 0 Å². The Morgan fingerprint density at radius 2 is 1.63 bits per heavy atom. The van der Waals surface area contributed by atoms with E-state index in [0.717, 1.165) is 44.3 Å². The van der Waals surface area contributed by atoms with Crippen LogP contribution in [0.25, 0.3) is 39.1 Å². The molecule has 0 radical (unpaired) electrons. The number of fused-ring (bicyclic) bond motifs is 3. The monoisotopic (exact) mass is 507 g/mol. The molecule has 38 heavy (non-hydrogen) atoms. The predicted octanol–water partition coefficient (Wildman–Crippen LogP) is 6.05. The maximum atomic E-state index is 12.7. The van der Waals surface area contributed by atoms with Crippen molar-refractivity contribution >= 4 is 33.8 Å². The van der Waals surface area contributed by atoms with E-state index in [-0.39, 0.29) is 12.5 Å². The van der Waals surface area contributed by atoms with Crippen LogP contribution in [0.15, 0.2) is 72.8 Å². The number of aryl methyl sites for hydroxylation is 1. The summed E-state index contributed by atoms with van der Waals surface area (Å²) in [5.41, 5.74) is 6.60. The number of nitrogens with zero attached hydrogens (tertiary/aromatic N) is 1. The smallest absolute Gasteiger partial charge is 0.244 e. The standard InChI is InChI=1S/C31H29N3O4/c1-19-9-12-21(13-10-19)29-30-24(23-7-5-6-8-25(23)34-30)17-22(33-29)18-32-28(35)14-11-20-15-26(36-2)31(38-4)27(16-20)37-3/h5-17,34H,18H2,1-4H3,(H,32,35)/b14-11+. The zero-order chi connectivity index (χ0) is 26.6. The largest absolute Gasteiger partial charge is 0.493 e. The highest BCUT2D eigenvalue weighted by molar-refractivity contribution is 6.11. The van der Waals surface area contributed by atoms with E-state index in [9.17, 15) is 4.79 Å². The molecule has 0 atom stereocenters. The van der Waals surface area contributed by atoms with Gasteiger partial charge in [-0.2, -0.15) is 0 Å². The molecule has 7 heteroatoms. The molecule has 3 aromatic carbocycles. The van der Waals surface area contributed by atoms with Crippen molar-refractivity contribution in [3.63, 3.8) is 0 Å². The lowest BCUT2D eigenvalue weighted by molar-refractivity contribution is -0.116. The molecule has 192 valence electrons. The molecule has 0 bridgehead atoms. The van der Waals surface area contributed by atoms with Gasteiger partial charge in [-0.3, -0.25) is 4.79 Å². The van der Waals surface area contributed by atoms with Crippen LogP contribution in [-0.2, 0) is 11.3 Å². The quantitative estimate of drug-likeness (QED) is 0.250. The Morgan fingerprint density at radius 3 is 2.32 bits per heavy atom. The molecule has 2 aromatic heterocycles. The van der Waals surface area contributed by atoms with E-state index in [2.05, 4.69) is 53.6 Å². The maximum Gasteiger partial charge on any atom is 0.244 e. The van der Waals surface area contributed by atoms with E-state index < -0.39 is 0 Å². The minimum Gasteiger partial charge on any atom is -0.493 e. The number of benzene rings is 3. The molecular formula is C31H29N3O4. The first-order valence-corrected chi connectivity index (χ1v) is 12.2. The lowest BCUT2D eigenvalue weighted by Gasteiger charge is -2.12. The first-order chi connectivity index (χ1) is 18.5. The molecule has 2 N–H and O–H groups in total. The average Bonchev–Trinajstić information content (AvgIpc) is 3.33. The maximum absolute atomic E-state index is 12.7. The Kier molecular flexibility index (Phi) is 7.00. The number of pyridine rings is 1. The van der Waals surface area contributed by atoms with Crippen LogP contribution in [0.3, 0.4) is 0 Å². The van der Waals surface area contributed by atoms with Gasteiger partial charge in [0.1, 0.15) is 0 Å².